The van der Waals surface area contributed by atoms with Crippen LogP contribution < -0.4 is 16.4 Å². The van der Waals surface area contributed by atoms with Gasteiger partial charge in [-0.2, -0.15) is 12.6 Å². The first kappa shape index (κ1) is 24.4. The van der Waals surface area contributed by atoms with Crippen LogP contribution in [0.5, 0.6) is 0 Å². The summed E-state index contributed by atoms with van der Waals surface area (Å²) in [4.78, 5) is 36.2. The normalized spacial score (nSPS) is 14.2. The smallest absolute Gasteiger partial charge is 0.242 e. The minimum Gasteiger partial charge on any atom is -0.370 e. The molecule has 1 rings (SSSR count). The van der Waals surface area contributed by atoms with Gasteiger partial charge in [-0.1, -0.05) is 44.2 Å². The summed E-state index contributed by atoms with van der Waals surface area (Å²) in [5, 5.41) is 4.98. The molecule has 0 heterocycles. The van der Waals surface area contributed by atoms with Gasteiger partial charge in [0.05, 0.1) is 5.25 Å². The Kier molecular flexibility index (Phi) is 11.1. The predicted octanol–water partition coefficient (Wildman–Crippen LogP) is 1.78. The number of carbonyl (C=O) groups excluding carboxylic acids is 3. The second-order valence-corrected chi connectivity index (χ2v) is 9.11. The van der Waals surface area contributed by atoms with E-state index in [2.05, 4.69) is 23.3 Å². The van der Waals surface area contributed by atoms with Crippen molar-refractivity contribution in [2.75, 3.05) is 12.8 Å². The van der Waals surface area contributed by atoms with E-state index >= 15 is 0 Å². The molecule has 156 valence electrons. The maximum atomic E-state index is 12.9. The molecule has 0 spiro atoms. The summed E-state index contributed by atoms with van der Waals surface area (Å²) in [5.41, 5.74) is 6.18. The molecular weight excluding hydrogens is 394 g/mol. The number of carbonyl (C=O) groups is 3. The van der Waals surface area contributed by atoms with Gasteiger partial charge in [0.15, 0.2) is 0 Å². The van der Waals surface area contributed by atoms with Crippen molar-refractivity contribution in [2.45, 2.75) is 49.7 Å². The van der Waals surface area contributed by atoms with Crippen LogP contribution in [0, 0.1) is 5.92 Å². The van der Waals surface area contributed by atoms with Crippen LogP contribution in [0.25, 0.3) is 0 Å². The summed E-state index contributed by atoms with van der Waals surface area (Å²) < 4.78 is 0. The minimum absolute atomic E-state index is 0.168. The summed E-state index contributed by atoms with van der Waals surface area (Å²) in [7, 11) is 1.56. The lowest BCUT2D eigenvalue weighted by atomic mass is 10.0. The summed E-state index contributed by atoms with van der Waals surface area (Å²) in [5.74, 6) is 0.0210. The Labute approximate surface area is 177 Å². The van der Waals surface area contributed by atoms with Crippen LogP contribution in [0.2, 0.25) is 0 Å². The maximum Gasteiger partial charge on any atom is 0.242 e. The third-order valence-corrected chi connectivity index (χ3v) is 6.08. The number of thiol groups is 1. The zero-order valence-electron chi connectivity index (χ0n) is 16.7. The number of hydrogen-bond donors (Lipinski definition) is 4. The largest absolute Gasteiger partial charge is 0.370 e. The third kappa shape index (κ3) is 9.50. The Balaban J connectivity index is 2.79. The number of nitrogens with two attached hydrogens (primary N) is 1. The van der Waals surface area contributed by atoms with Gasteiger partial charge in [-0.25, -0.2) is 0 Å². The average molecular weight is 426 g/mol. The van der Waals surface area contributed by atoms with Crippen LogP contribution >= 0.6 is 24.4 Å². The van der Waals surface area contributed by atoms with Gasteiger partial charge in [0.2, 0.25) is 17.7 Å². The predicted molar refractivity (Wildman–Crippen MR) is 118 cm³/mol. The average Bonchev–Trinajstić information content (AvgIpc) is 2.63. The molecule has 3 atom stereocenters. The van der Waals surface area contributed by atoms with Crippen LogP contribution in [0.3, 0.4) is 0 Å². The lowest BCUT2D eigenvalue weighted by Crippen LogP contribution is -2.49. The SMILES string of the molecule is CNC(=O)[C@H](Cc1ccccc1)NC(=O)[C@@H](CC(C)C)SC[C@@H](S)CC(N)=O. The number of amides is 3. The highest BCUT2D eigenvalue weighted by atomic mass is 32.2. The molecule has 0 bridgehead atoms. The van der Waals surface area contributed by atoms with Gasteiger partial charge in [0, 0.05) is 30.9 Å². The zero-order chi connectivity index (χ0) is 21.1. The van der Waals surface area contributed by atoms with Gasteiger partial charge in [-0.15, -0.1) is 11.8 Å². The molecule has 6 nitrogen and oxygen atoms in total. The number of benzene rings is 1. The molecule has 0 radical (unpaired) electrons. The molecule has 0 aromatic heterocycles. The third-order valence-electron chi connectivity index (χ3n) is 4.07. The lowest BCUT2D eigenvalue weighted by Gasteiger charge is -2.23. The Hall–Kier alpha value is -1.67. The molecule has 1 aromatic rings. The topological polar surface area (TPSA) is 101 Å². The fourth-order valence-corrected chi connectivity index (χ4v) is 4.45. The quantitative estimate of drug-likeness (QED) is 0.384. The van der Waals surface area contributed by atoms with Gasteiger partial charge < -0.3 is 16.4 Å². The van der Waals surface area contributed by atoms with Crippen molar-refractivity contribution < 1.29 is 14.4 Å². The molecule has 0 saturated heterocycles. The number of nitrogens with one attached hydrogen (secondary N) is 2. The van der Waals surface area contributed by atoms with E-state index < -0.39 is 11.9 Å². The number of hydrogen-bond acceptors (Lipinski definition) is 5. The van der Waals surface area contributed by atoms with E-state index in [1.165, 1.54) is 11.8 Å². The summed E-state index contributed by atoms with van der Waals surface area (Å²) in [6, 6.07) is 8.93. The van der Waals surface area contributed by atoms with Crippen LogP contribution in [-0.2, 0) is 20.8 Å². The van der Waals surface area contributed by atoms with E-state index in [0.29, 0.717) is 24.5 Å². The highest BCUT2D eigenvalue weighted by molar-refractivity contribution is 8.01. The summed E-state index contributed by atoms with van der Waals surface area (Å²) in [6.45, 7) is 4.09. The van der Waals surface area contributed by atoms with Crippen molar-refractivity contribution in [3.63, 3.8) is 0 Å². The van der Waals surface area contributed by atoms with Gasteiger partial charge in [-0.05, 0) is 17.9 Å². The molecule has 28 heavy (non-hydrogen) atoms. The standard InChI is InChI=1S/C20H31N3O3S2/c1-13(2)9-17(28-12-15(27)11-18(21)24)20(26)23-16(19(25)22-3)10-14-7-5-4-6-8-14/h4-8,13,15-17,27H,9-12H2,1-3H3,(H2,21,24)(H,22,25)(H,23,26)/t15-,16-,17+/m0/s1. The monoisotopic (exact) mass is 425 g/mol. The molecule has 0 aliphatic rings. The molecule has 0 aliphatic heterocycles. The van der Waals surface area contributed by atoms with E-state index in [4.69, 9.17) is 5.73 Å². The highest BCUT2D eigenvalue weighted by Gasteiger charge is 2.27. The van der Waals surface area contributed by atoms with Crippen molar-refractivity contribution in [1.29, 1.82) is 0 Å². The molecule has 4 N–H and O–H groups in total. The van der Waals surface area contributed by atoms with Crippen LogP contribution in [0.4, 0.5) is 0 Å². The molecule has 8 heteroatoms. The minimum atomic E-state index is -0.646. The van der Waals surface area contributed by atoms with Crippen molar-refractivity contribution >= 4 is 42.1 Å². The fraction of sp³-hybridized carbons (Fsp3) is 0.550. The molecule has 0 fully saturated rings. The van der Waals surface area contributed by atoms with Gasteiger partial charge in [-0.3, -0.25) is 14.4 Å². The lowest BCUT2D eigenvalue weighted by molar-refractivity contribution is -0.128. The van der Waals surface area contributed by atoms with Gasteiger partial charge in [0.1, 0.15) is 6.04 Å². The molecular formula is C20H31N3O3S2. The second-order valence-electron chi connectivity index (χ2n) is 7.14. The number of likely N-dealkylation sites (N-methyl/N-ethyl adjacent to an activating group) is 1. The summed E-state index contributed by atoms with van der Waals surface area (Å²) >= 11 is 5.82. The van der Waals surface area contributed by atoms with E-state index in [-0.39, 0.29) is 28.7 Å². The Morgan fingerprint density at radius 2 is 1.79 bits per heavy atom. The molecule has 1 aromatic carbocycles. The Morgan fingerprint density at radius 3 is 2.32 bits per heavy atom. The van der Waals surface area contributed by atoms with E-state index in [9.17, 15) is 14.4 Å². The zero-order valence-corrected chi connectivity index (χ0v) is 18.4. The molecule has 3 amide bonds. The Morgan fingerprint density at radius 1 is 1.14 bits per heavy atom. The highest BCUT2D eigenvalue weighted by Crippen LogP contribution is 2.23. The van der Waals surface area contributed by atoms with Crippen LogP contribution in [-0.4, -0.2) is 47.1 Å². The molecule has 0 unspecified atom stereocenters. The number of primary amides is 1. The number of rotatable bonds is 12. The van der Waals surface area contributed by atoms with Gasteiger partial charge >= 0.3 is 0 Å². The van der Waals surface area contributed by atoms with E-state index in [1.807, 2.05) is 44.2 Å². The van der Waals surface area contributed by atoms with Crippen molar-refractivity contribution in [2.24, 2.45) is 11.7 Å². The molecule has 0 aliphatic carbocycles. The van der Waals surface area contributed by atoms with Crippen molar-refractivity contribution in [3.8, 4) is 0 Å². The number of thioether (sulfide) groups is 1. The van der Waals surface area contributed by atoms with Crippen molar-refractivity contribution in [1.82, 2.24) is 10.6 Å². The van der Waals surface area contributed by atoms with Crippen LogP contribution in [0.1, 0.15) is 32.3 Å². The first-order valence-corrected chi connectivity index (χ1v) is 10.9. The van der Waals surface area contributed by atoms with Crippen LogP contribution in [0.15, 0.2) is 30.3 Å². The fourth-order valence-electron chi connectivity index (χ4n) is 2.70. The maximum absolute atomic E-state index is 12.9. The first-order chi connectivity index (χ1) is 13.2. The second kappa shape index (κ2) is 12.7. The van der Waals surface area contributed by atoms with E-state index in [0.717, 1.165) is 5.56 Å². The van der Waals surface area contributed by atoms with E-state index in [1.54, 1.807) is 7.05 Å². The Bertz CT molecular complexity index is 641. The summed E-state index contributed by atoms with van der Waals surface area (Å²) in [6.07, 6.45) is 1.25. The first-order valence-electron chi connectivity index (χ1n) is 9.36. The van der Waals surface area contributed by atoms with Crippen molar-refractivity contribution in [3.05, 3.63) is 35.9 Å². The molecule has 0 saturated carbocycles. The van der Waals surface area contributed by atoms with Gasteiger partial charge in [0.25, 0.3) is 0 Å².